The summed E-state index contributed by atoms with van der Waals surface area (Å²) in [5, 5.41) is 10.4. The molecule has 20 heavy (non-hydrogen) atoms. The summed E-state index contributed by atoms with van der Waals surface area (Å²) in [5.74, 6) is 0.803. The molecule has 1 aliphatic rings. The average molecular weight is 277 g/mol. The molecule has 0 aliphatic heterocycles. The van der Waals surface area contributed by atoms with Crippen LogP contribution in [-0.2, 0) is 4.74 Å². The molecule has 2 unspecified atom stereocenters. The smallest absolute Gasteiger partial charge is 0.0917 e. The lowest BCUT2D eigenvalue weighted by atomic mass is 10.1. The first kappa shape index (κ1) is 15.5. The van der Waals surface area contributed by atoms with Gasteiger partial charge in [0.25, 0.3) is 0 Å². The first-order valence-electron chi connectivity index (χ1n) is 7.59. The maximum absolute atomic E-state index is 10.4. The van der Waals surface area contributed by atoms with E-state index in [0.29, 0.717) is 12.6 Å². The second-order valence-electron chi connectivity index (χ2n) is 5.99. The highest BCUT2D eigenvalue weighted by molar-refractivity contribution is 5.23. The molecule has 1 aliphatic carbocycles. The zero-order valence-electron chi connectivity index (χ0n) is 12.9. The molecular formula is C17H27NO2. The number of benzene rings is 1. The summed E-state index contributed by atoms with van der Waals surface area (Å²) in [4.78, 5) is 2.37. The van der Waals surface area contributed by atoms with Gasteiger partial charge in [0, 0.05) is 26.2 Å². The van der Waals surface area contributed by atoms with E-state index in [9.17, 15) is 5.11 Å². The first-order chi connectivity index (χ1) is 9.61. The number of hydrogen-bond acceptors (Lipinski definition) is 3. The van der Waals surface area contributed by atoms with Crippen LogP contribution in [0.25, 0.3) is 0 Å². The lowest BCUT2D eigenvalue weighted by Crippen LogP contribution is -2.40. The van der Waals surface area contributed by atoms with Crippen LogP contribution >= 0.6 is 0 Å². The molecule has 1 aromatic rings. The summed E-state index contributed by atoms with van der Waals surface area (Å²) in [6.45, 7) is 6.63. The number of hydrogen-bond donors (Lipinski definition) is 1. The van der Waals surface area contributed by atoms with Crippen molar-refractivity contribution in [2.45, 2.75) is 38.8 Å². The Hall–Kier alpha value is -0.900. The zero-order valence-corrected chi connectivity index (χ0v) is 12.9. The van der Waals surface area contributed by atoms with Crippen molar-refractivity contribution in [1.82, 2.24) is 4.90 Å². The molecule has 1 N–H and O–H groups in total. The van der Waals surface area contributed by atoms with Gasteiger partial charge >= 0.3 is 0 Å². The molecular weight excluding hydrogens is 250 g/mol. The SMILES string of the molecule is COCCN(CC(O)c1ccc(C)cc1)C(C)C1CC1. The number of nitrogens with zero attached hydrogens (tertiary/aromatic N) is 1. The molecule has 0 spiro atoms. The maximum atomic E-state index is 10.4. The van der Waals surface area contributed by atoms with E-state index in [0.717, 1.165) is 24.6 Å². The van der Waals surface area contributed by atoms with E-state index in [4.69, 9.17) is 4.74 Å². The van der Waals surface area contributed by atoms with Crippen LogP contribution in [0.2, 0.25) is 0 Å². The van der Waals surface area contributed by atoms with Gasteiger partial charge < -0.3 is 9.84 Å². The van der Waals surface area contributed by atoms with Crippen molar-refractivity contribution in [2.24, 2.45) is 5.92 Å². The van der Waals surface area contributed by atoms with Gasteiger partial charge in [0.05, 0.1) is 12.7 Å². The van der Waals surface area contributed by atoms with Crippen LogP contribution < -0.4 is 0 Å². The van der Waals surface area contributed by atoms with Gasteiger partial charge in [-0.15, -0.1) is 0 Å². The molecule has 0 heterocycles. The molecule has 0 radical (unpaired) electrons. The third-order valence-corrected chi connectivity index (χ3v) is 4.33. The zero-order chi connectivity index (χ0) is 14.5. The Morgan fingerprint density at radius 1 is 1.30 bits per heavy atom. The second kappa shape index (κ2) is 7.21. The summed E-state index contributed by atoms with van der Waals surface area (Å²) in [6, 6.07) is 8.70. The van der Waals surface area contributed by atoms with Crippen molar-refractivity contribution in [1.29, 1.82) is 0 Å². The lowest BCUT2D eigenvalue weighted by molar-refractivity contribution is 0.0620. The van der Waals surface area contributed by atoms with Gasteiger partial charge in [-0.25, -0.2) is 0 Å². The molecule has 1 saturated carbocycles. The largest absolute Gasteiger partial charge is 0.387 e. The van der Waals surface area contributed by atoms with Crippen molar-refractivity contribution in [3.8, 4) is 0 Å². The summed E-state index contributed by atoms with van der Waals surface area (Å²) < 4.78 is 5.20. The highest BCUT2D eigenvalue weighted by Gasteiger charge is 2.32. The molecule has 0 bridgehead atoms. The topological polar surface area (TPSA) is 32.7 Å². The fourth-order valence-electron chi connectivity index (χ4n) is 2.66. The quantitative estimate of drug-likeness (QED) is 0.793. The van der Waals surface area contributed by atoms with Crippen molar-refractivity contribution in [3.63, 3.8) is 0 Å². The van der Waals surface area contributed by atoms with Crippen LogP contribution in [0, 0.1) is 12.8 Å². The molecule has 2 rings (SSSR count). The van der Waals surface area contributed by atoms with Crippen LogP contribution in [0.4, 0.5) is 0 Å². The van der Waals surface area contributed by atoms with Gasteiger partial charge in [-0.2, -0.15) is 0 Å². The van der Waals surface area contributed by atoms with Crippen LogP contribution in [0.5, 0.6) is 0 Å². The van der Waals surface area contributed by atoms with Crippen molar-refractivity contribution < 1.29 is 9.84 Å². The highest BCUT2D eigenvalue weighted by Crippen LogP contribution is 2.35. The van der Waals surface area contributed by atoms with Gasteiger partial charge in [0.2, 0.25) is 0 Å². The van der Waals surface area contributed by atoms with Crippen LogP contribution in [-0.4, -0.2) is 42.9 Å². The molecule has 3 heteroatoms. The molecule has 0 aromatic heterocycles. The van der Waals surface area contributed by atoms with E-state index in [-0.39, 0.29) is 0 Å². The molecule has 2 atom stereocenters. The van der Waals surface area contributed by atoms with Gasteiger partial charge in [-0.3, -0.25) is 4.90 Å². The number of rotatable bonds is 8. The summed E-state index contributed by atoms with van der Waals surface area (Å²) in [5.41, 5.74) is 2.23. The Morgan fingerprint density at radius 3 is 2.50 bits per heavy atom. The molecule has 1 fully saturated rings. The van der Waals surface area contributed by atoms with E-state index in [1.165, 1.54) is 18.4 Å². The Balaban J connectivity index is 1.96. The van der Waals surface area contributed by atoms with E-state index in [1.807, 2.05) is 12.1 Å². The Kier molecular flexibility index (Phi) is 5.58. The number of methoxy groups -OCH3 is 1. The van der Waals surface area contributed by atoms with E-state index in [2.05, 4.69) is 30.9 Å². The minimum absolute atomic E-state index is 0.423. The Bertz CT molecular complexity index is 400. The molecule has 0 amide bonds. The van der Waals surface area contributed by atoms with Gasteiger partial charge in [-0.05, 0) is 38.2 Å². The minimum atomic E-state index is -0.423. The highest BCUT2D eigenvalue weighted by atomic mass is 16.5. The van der Waals surface area contributed by atoms with Crippen molar-refractivity contribution in [2.75, 3.05) is 26.8 Å². The van der Waals surface area contributed by atoms with E-state index >= 15 is 0 Å². The predicted octanol–water partition coefficient (Wildman–Crippen LogP) is 2.78. The van der Waals surface area contributed by atoms with Gasteiger partial charge in [-0.1, -0.05) is 29.8 Å². The summed E-state index contributed by atoms with van der Waals surface area (Å²) >= 11 is 0. The minimum Gasteiger partial charge on any atom is -0.387 e. The van der Waals surface area contributed by atoms with Crippen molar-refractivity contribution >= 4 is 0 Å². The Morgan fingerprint density at radius 2 is 1.95 bits per heavy atom. The monoisotopic (exact) mass is 277 g/mol. The molecule has 112 valence electrons. The number of aliphatic hydroxyl groups excluding tert-OH is 1. The van der Waals surface area contributed by atoms with Crippen LogP contribution in [0.15, 0.2) is 24.3 Å². The lowest BCUT2D eigenvalue weighted by Gasteiger charge is -2.31. The van der Waals surface area contributed by atoms with Crippen LogP contribution in [0.1, 0.15) is 37.0 Å². The predicted molar refractivity (Wildman–Crippen MR) is 81.8 cm³/mol. The van der Waals surface area contributed by atoms with Crippen LogP contribution in [0.3, 0.4) is 0 Å². The molecule has 3 nitrogen and oxygen atoms in total. The van der Waals surface area contributed by atoms with E-state index in [1.54, 1.807) is 7.11 Å². The van der Waals surface area contributed by atoms with E-state index < -0.39 is 6.10 Å². The fourth-order valence-corrected chi connectivity index (χ4v) is 2.66. The number of ether oxygens (including phenoxy) is 1. The summed E-state index contributed by atoms with van der Waals surface area (Å²) in [6.07, 6.45) is 2.23. The average Bonchev–Trinajstić information content (AvgIpc) is 3.27. The molecule has 0 saturated heterocycles. The number of aryl methyl sites for hydroxylation is 1. The summed E-state index contributed by atoms with van der Waals surface area (Å²) in [7, 11) is 1.73. The molecule has 1 aromatic carbocycles. The first-order valence-corrected chi connectivity index (χ1v) is 7.59. The normalized spacial score (nSPS) is 18.2. The number of aliphatic hydroxyl groups is 1. The van der Waals surface area contributed by atoms with Gasteiger partial charge in [0.15, 0.2) is 0 Å². The van der Waals surface area contributed by atoms with Crippen molar-refractivity contribution in [3.05, 3.63) is 35.4 Å². The fraction of sp³-hybridized carbons (Fsp3) is 0.647. The Labute approximate surface area is 122 Å². The third-order valence-electron chi connectivity index (χ3n) is 4.33. The second-order valence-corrected chi connectivity index (χ2v) is 5.99. The third kappa shape index (κ3) is 4.30. The standard InChI is InChI=1S/C17H27NO2/c1-13-4-6-16(7-5-13)17(19)12-18(10-11-20-3)14(2)15-8-9-15/h4-7,14-15,17,19H,8-12H2,1-3H3. The maximum Gasteiger partial charge on any atom is 0.0917 e. The van der Waals surface area contributed by atoms with Gasteiger partial charge in [0.1, 0.15) is 0 Å².